The van der Waals surface area contributed by atoms with Gasteiger partial charge in [-0.3, -0.25) is 0 Å². The van der Waals surface area contributed by atoms with E-state index in [0.717, 1.165) is 11.3 Å². The van der Waals surface area contributed by atoms with E-state index in [0.29, 0.717) is 18.9 Å². The Morgan fingerprint density at radius 2 is 2.44 bits per heavy atom. The zero-order valence-electron chi connectivity index (χ0n) is 9.45. The van der Waals surface area contributed by atoms with E-state index in [2.05, 4.69) is 5.32 Å². The topological polar surface area (TPSA) is 47.6 Å². The van der Waals surface area contributed by atoms with Crippen LogP contribution in [0, 0.1) is 6.92 Å². The molecule has 0 saturated heterocycles. The SMILES string of the molecule is CCOC(=O)[C@@H]1CNc2ccc(C)cc2O1. The number of anilines is 1. The maximum Gasteiger partial charge on any atom is 0.349 e. The summed E-state index contributed by atoms with van der Waals surface area (Å²) >= 11 is 0. The molecule has 4 heteroatoms. The lowest BCUT2D eigenvalue weighted by molar-refractivity contribution is -0.150. The van der Waals surface area contributed by atoms with Crippen LogP contribution >= 0.6 is 0 Å². The average Bonchev–Trinajstić information content (AvgIpc) is 2.28. The molecule has 86 valence electrons. The molecule has 1 atom stereocenters. The number of nitrogens with one attached hydrogen (secondary N) is 1. The number of hydrogen-bond donors (Lipinski definition) is 1. The van der Waals surface area contributed by atoms with Crippen LogP contribution in [-0.2, 0) is 9.53 Å². The number of carbonyl (C=O) groups is 1. The third-order valence-electron chi connectivity index (χ3n) is 2.43. The van der Waals surface area contributed by atoms with Crippen LogP contribution in [0.4, 0.5) is 5.69 Å². The molecule has 0 amide bonds. The van der Waals surface area contributed by atoms with Gasteiger partial charge in [0.2, 0.25) is 6.10 Å². The maximum atomic E-state index is 11.5. The Bertz CT molecular complexity index is 403. The highest BCUT2D eigenvalue weighted by atomic mass is 16.6. The van der Waals surface area contributed by atoms with Crippen molar-refractivity contribution < 1.29 is 14.3 Å². The Hall–Kier alpha value is -1.71. The van der Waals surface area contributed by atoms with Crippen LogP contribution in [0.1, 0.15) is 12.5 Å². The van der Waals surface area contributed by atoms with Crippen molar-refractivity contribution in [3.63, 3.8) is 0 Å². The molecule has 16 heavy (non-hydrogen) atoms. The first-order valence-corrected chi connectivity index (χ1v) is 5.38. The highest BCUT2D eigenvalue weighted by Gasteiger charge is 2.26. The van der Waals surface area contributed by atoms with Crippen LogP contribution < -0.4 is 10.1 Å². The Balaban J connectivity index is 2.13. The van der Waals surface area contributed by atoms with Crippen molar-refractivity contribution in [1.82, 2.24) is 0 Å². The second-order valence-corrected chi connectivity index (χ2v) is 3.74. The van der Waals surface area contributed by atoms with Gasteiger partial charge < -0.3 is 14.8 Å². The van der Waals surface area contributed by atoms with Crippen LogP contribution in [0.25, 0.3) is 0 Å². The Kier molecular flexibility index (Phi) is 2.99. The van der Waals surface area contributed by atoms with E-state index >= 15 is 0 Å². The largest absolute Gasteiger partial charge is 0.475 e. The predicted octanol–water partition coefficient (Wildman–Crippen LogP) is 1.73. The number of carbonyl (C=O) groups excluding carboxylic acids is 1. The third-order valence-corrected chi connectivity index (χ3v) is 2.43. The number of ether oxygens (including phenoxy) is 2. The van der Waals surface area contributed by atoms with Gasteiger partial charge in [0, 0.05) is 0 Å². The lowest BCUT2D eigenvalue weighted by Gasteiger charge is -2.26. The average molecular weight is 221 g/mol. The zero-order chi connectivity index (χ0) is 11.5. The van der Waals surface area contributed by atoms with E-state index in [1.807, 2.05) is 25.1 Å². The summed E-state index contributed by atoms with van der Waals surface area (Å²) in [7, 11) is 0. The highest BCUT2D eigenvalue weighted by molar-refractivity contribution is 5.77. The monoisotopic (exact) mass is 221 g/mol. The Labute approximate surface area is 94.6 Å². The summed E-state index contributed by atoms with van der Waals surface area (Å²) in [6.45, 7) is 4.60. The maximum absolute atomic E-state index is 11.5. The van der Waals surface area contributed by atoms with Gasteiger partial charge in [-0.05, 0) is 31.5 Å². The first-order valence-electron chi connectivity index (χ1n) is 5.38. The van der Waals surface area contributed by atoms with Crippen molar-refractivity contribution in [2.45, 2.75) is 20.0 Å². The normalized spacial score (nSPS) is 18.0. The van der Waals surface area contributed by atoms with E-state index in [-0.39, 0.29) is 5.97 Å². The van der Waals surface area contributed by atoms with Gasteiger partial charge in [-0.15, -0.1) is 0 Å². The second kappa shape index (κ2) is 4.43. The first kappa shape index (κ1) is 10.8. The minimum atomic E-state index is -0.547. The van der Waals surface area contributed by atoms with Gasteiger partial charge in [-0.2, -0.15) is 0 Å². The molecule has 1 aromatic carbocycles. The minimum Gasteiger partial charge on any atom is -0.475 e. The number of fused-ring (bicyclic) bond motifs is 1. The Morgan fingerprint density at radius 1 is 1.62 bits per heavy atom. The molecule has 4 nitrogen and oxygen atoms in total. The molecular weight excluding hydrogens is 206 g/mol. The molecule has 0 spiro atoms. The van der Waals surface area contributed by atoms with Crippen LogP contribution in [0.3, 0.4) is 0 Å². The van der Waals surface area contributed by atoms with E-state index in [9.17, 15) is 4.79 Å². The molecular formula is C12H15NO3. The van der Waals surface area contributed by atoms with Crippen molar-refractivity contribution in [3.05, 3.63) is 23.8 Å². The van der Waals surface area contributed by atoms with Crippen molar-refractivity contribution in [2.24, 2.45) is 0 Å². The molecule has 0 radical (unpaired) electrons. The number of aryl methyl sites for hydroxylation is 1. The van der Waals surface area contributed by atoms with Crippen molar-refractivity contribution in [3.8, 4) is 5.75 Å². The predicted molar refractivity (Wildman–Crippen MR) is 60.7 cm³/mol. The summed E-state index contributed by atoms with van der Waals surface area (Å²) in [5.74, 6) is 0.395. The zero-order valence-corrected chi connectivity index (χ0v) is 9.45. The fraction of sp³-hybridized carbons (Fsp3) is 0.417. The lowest BCUT2D eigenvalue weighted by Crippen LogP contribution is -2.38. The van der Waals surface area contributed by atoms with Gasteiger partial charge in [0.25, 0.3) is 0 Å². The van der Waals surface area contributed by atoms with Gasteiger partial charge in [0.1, 0.15) is 5.75 Å². The molecule has 1 aliphatic rings. The van der Waals surface area contributed by atoms with Crippen LogP contribution in [-0.4, -0.2) is 25.2 Å². The third kappa shape index (κ3) is 2.10. The smallest absolute Gasteiger partial charge is 0.349 e. The molecule has 0 aliphatic carbocycles. The highest BCUT2D eigenvalue weighted by Crippen LogP contribution is 2.29. The second-order valence-electron chi connectivity index (χ2n) is 3.74. The van der Waals surface area contributed by atoms with E-state index in [1.54, 1.807) is 6.92 Å². The summed E-state index contributed by atoms with van der Waals surface area (Å²) in [5.41, 5.74) is 2.02. The van der Waals surface area contributed by atoms with Crippen molar-refractivity contribution >= 4 is 11.7 Å². The summed E-state index contributed by atoms with van der Waals surface area (Å²) in [5, 5.41) is 3.15. The number of benzene rings is 1. The fourth-order valence-electron chi connectivity index (χ4n) is 1.64. The lowest BCUT2D eigenvalue weighted by atomic mass is 10.1. The van der Waals surface area contributed by atoms with Gasteiger partial charge in [-0.25, -0.2) is 4.79 Å². The summed E-state index contributed by atoms with van der Waals surface area (Å²) in [4.78, 5) is 11.5. The molecule has 1 aliphatic heterocycles. The van der Waals surface area contributed by atoms with E-state index in [1.165, 1.54) is 0 Å². The van der Waals surface area contributed by atoms with Crippen LogP contribution in [0.2, 0.25) is 0 Å². The van der Waals surface area contributed by atoms with Gasteiger partial charge in [0.05, 0.1) is 18.8 Å². The quantitative estimate of drug-likeness (QED) is 0.773. The molecule has 1 aromatic rings. The number of rotatable bonds is 2. The van der Waals surface area contributed by atoms with Crippen molar-refractivity contribution in [1.29, 1.82) is 0 Å². The minimum absolute atomic E-state index is 0.317. The number of esters is 1. The standard InChI is InChI=1S/C12H15NO3/c1-3-15-12(14)11-7-13-9-5-4-8(2)6-10(9)16-11/h4-6,11,13H,3,7H2,1-2H3/t11-/m0/s1. The van der Waals surface area contributed by atoms with Crippen LogP contribution in [0.15, 0.2) is 18.2 Å². The number of hydrogen-bond acceptors (Lipinski definition) is 4. The Morgan fingerprint density at radius 3 is 3.19 bits per heavy atom. The van der Waals surface area contributed by atoms with Gasteiger partial charge in [-0.1, -0.05) is 6.07 Å². The molecule has 1 heterocycles. The molecule has 0 saturated carbocycles. The van der Waals surface area contributed by atoms with Crippen LogP contribution in [0.5, 0.6) is 5.75 Å². The van der Waals surface area contributed by atoms with Gasteiger partial charge >= 0.3 is 5.97 Å². The van der Waals surface area contributed by atoms with E-state index in [4.69, 9.17) is 9.47 Å². The van der Waals surface area contributed by atoms with Crippen molar-refractivity contribution in [2.75, 3.05) is 18.5 Å². The fourth-order valence-corrected chi connectivity index (χ4v) is 1.64. The van der Waals surface area contributed by atoms with Gasteiger partial charge in [0.15, 0.2) is 0 Å². The molecule has 2 rings (SSSR count). The molecule has 0 bridgehead atoms. The van der Waals surface area contributed by atoms with E-state index < -0.39 is 6.10 Å². The summed E-state index contributed by atoms with van der Waals surface area (Å²) < 4.78 is 10.5. The molecule has 1 N–H and O–H groups in total. The summed E-state index contributed by atoms with van der Waals surface area (Å²) in [6.07, 6.45) is -0.547. The summed E-state index contributed by atoms with van der Waals surface area (Å²) in [6, 6.07) is 5.86. The molecule has 0 fully saturated rings. The molecule has 0 aromatic heterocycles. The first-order chi connectivity index (χ1) is 7.70. The molecule has 0 unspecified atom stereocenters.